The molecule has 1 heterocycles. The van der Waals surface area contributed by atoms with E-state index in [1.165, 1.54) is 0 Å². The first-order valence-corrected chi connectivity index (χ1v) is 9.24. The van der Waals surface area contributed by atoms with Crippen LogP contribution in [0.25, 0.3) is 0 Å². The number of carbonyl (C=O) groups is 1. The number of benzene rings is 1. The number of hydrogen-bond acceptors (Lipinski definition) is 4. The van der Waals surface area contributed by atoms with Gasteiger partial charge in [0.2, 0.25) is 0 Å². The molecule has 1 aliphatic heterocycles. The van der Waals surface area contributed by atoms with Crippen LogP contribution in [0.1, 0.15) is 63.0 Å². The summed E-state index contributed by atoms with van der Waals surface area (Å²) in [5.74, 6) is 0.211. The van der Waals surface area contributed by atoms with E-state index in [9.17, 15) is 9.90 Å². The minimum atomic E-state index is -0.265. The zero-order chi connectivity index (χ0) is 19.7. The van der Waals surface area contributed by atoms with E-state index >= 15 is 0 Å². The van der Waals surface area contributed by atoms with Crippen LogP contribution in [0.4, 0.5) is 0 Å². The van der Waals surface area contributed by atoms with Crippen LogP contribution >= 0.6 is 0 Å². The Morgan fingerprint density at radius 3 is 2.08 bits per heavy atom. The van der Waals surface area contributed by atoms with Gasteiger partial charge in [0.1, 0.15) is 5.75 Å². The Morgan fingerprint density at radius 2 is 1.65 bits per heavy atom. The van der Waals surface area contributed by atoms with Crippen LogP contribution < -0.4 is 0 Å². The summed E-state index contributed by atoms with van der Waals surface area (Å²) in [5, 5.41) is 10.8. The highest BCUT2D eigenvalue weighted by Crippen LogP contribution is 2.39. The van der Waals surface area contributed by atoms with Gasteiger partial charge in [0, 0.05) is 30.3 Å². The molecule has 5 heteroatoms. The van der Waals surface area contributed by atoms with Crippen molar-refractivity contribution in [2.45, 2.75) is 58.5 Å². The third kappa shape index (κ3) is 4.77. The molecule has 1 aromatic carbocycles. The smallest absolute Gasteiger partial charge is 0.253 e. The lowest BCUT2D eigenvalue weighted by Crippen LogP contribution is -2.41. The molecule has 1 aliphatic rings. The van der Waals surface area contributed by atoms with Gasteiger partial charge in [-0.05, 0) is 23.0 Å². The molecule has 0 unspecified atom stereocenters. The van der Waals surface area contributed by atoms with Gasteiger partial charge in [-0.2, -0.15) is 0 Å². The van der Waals surface area contributed by atoms with Crippen LogP contribution in [0.2, 0.25) is 0 Å². The van der Waals surface area contributed by atoms with Crippen molar-refractivity contribution in [1.82, 2.24) is 4.90 Å². The van der Waals surface area contributed by atoms with Crippen molar-refractivity contribution in [2.24, 2.45) is 0 Å². The van der Waals surface area contributed by atoms with Crippen molar-refractivity contribution >= 4 is 5.91 Å². The summed E-state index contributed by atoms with van der Waals surface area (Å²) in [4.78, 5) is 14.7. The highest BCUT2D eigenvalue weighted by Gasteiger charge is 2.29. The third-order valence-electron chi connectivity index (χ3n) is 4.68. The molecule has 5 nitrogen and oxygen atoms in total. The first kappa shape index (κ1) is 20.7. The first-order chi connectivity index (χ1) is 11.9. The minimum Gasteiger partial charge on any atom is -0.507 e. The van der Waals surface area contributed by atoms with Crippen molar-refractivity contribution in [3.8, 4) is 5.75 Å². The fourth-order valence-electron chi connectivity index (χ4n) is 3.15. The molecular weight excluding hydrogens is 330 g/mol. The number of phenolic OH excluding ortho intramolecular Hbond substituents is 1. The molecule has 1 atom stereocenters. The van der Waals surface area contributed by atoms with Gasteiger partial charge in [-0.3, -0.25) is 4.79 Å². The van der Waals surface area contributed by atoms with Crippen molar-refractivity contribution in [3.05, 3.63) is 28.8 Å². The molecule has 146 valence electrons. The maximum atomic E-state index is 13.0. The van der Waals surface area contributed by atoms with Crippen molar-refractivity contribution in [2.75, 3.05) is 33.4 Å². The molecular formula is C21H33NO4. The van der Waals surface area contributed by atoms with Gasteiger partial charge in [0.25, 0.3) is 5.91 Å². The van der Waals surface area contributed by atoms with E-state index in [-0.39, 0.29) is 28.6 Å². The van der Waals surface area contributed by atoms with Gasteiger partial charge in [-0.1, -0.05) is 41.5 Å². The van der Waals surface area contributed by atoms with Gasteiger partial charge < -0.3 is 19.5 Å². The van der Waals surface area contributed by atoms with Gasteiger partial charge in [0.15, 0.2) is 0 Å². The molecule has 0 aliphatic carbocycles. The lowest BCUT2D eigenvalue weighted by atomic mass is 9.78. The summed E-state index contributed by atoms with van der Waals surface area (Å²) in [5.41, 5.74) is 1.65. The zero-order valence-electron chi connectivity index (χ0n) is 17.2. The number of ether oxygens (including phenoxy) is 2. The highest BCUT2D eigenvalue weighted by molar-refractivity contribution is 5.95. The number of phenols is 1. The lowest BCUT2D eigenvalue weighted by molar-refractivity contribution is -0.0933. The van der Waals surface area contributed by atoms with Crippen LogP contribution in [0.5, 0.6) is 5.75 Å². The largest absolute Gasteiger partial charge is 0.507 e. The second-order valence-corrected chi connectivity index (χ2v) is 9.17. The van der Waals surface area contributed by atoms with E-state index in [1.54, 1.807) is 11.9 Å². The number of nitrogens with zero attached hydrogens (tertiary/aromatic N) is 1. The quantitative estimate of drug-likeness (QED) is 0.893. The summed E-state index contributed by atoms with van der Waals surface area (Å²) in [6.07, 6.45) is -0.0982. The molecule has 1 amide bonds. The molecule has 1 N–H and O–H groups in total. The van der Waals surface area contributed by atoms with Crippen molar-refractivity contribution < 1.29 is 19.4 Å². The number of likely N-dealkylation sites (N-methyl/N-ethyl adjacent to an activating group) is 1. The molecule has 0 spiro atoms. The van der Waals surface area contributed by atoms with E-state index in [0.717, 1.165) is 11.1 Å². The molecule has 0 saturated carbocycles. The Balaban J connectivity index is 2.36. The van der Waals surface area contributed by atoms with E-state index < -0.39 is 0 Å². The van der Waals surface area contributed by atoms with E-state index in [1.807, 2.05) is 53.7 Å². The standard InChI is InChI=1S/C21H33NO4/c1-20(2,3)16-10-14(11-17(18(16)23)21(4,5)6)19(24)22(7)12-15-13-25-8-9-26-15/h10-11,15,23H,8-9,12-13H2,1-7H3/t15-/m0/s1. The molecule has 1 saturated heterocycles. The number of carbonyl (C=O) groups excluding carboxylic acids is 1. The van der Waals surface area contributed by atoms with E-state index in [0.29, 0.717) is 31.9 Å². The fourth-order valence-corrected chi connectivity index (χ4v) is 3.15. The number of aromatic hydroxyl groups is 1. The Kier molecular flexibility index (Phi) is 6.03. The average Bonchev–Trinajstić information content (AvgIpc) is 2.53. The molecule has 0 radical (unpaired) electrons. The Bertz CT molecular complexity index is 614. The monoisotopic (exact) mass is 363 g/mol. The maximum Gasteiger partial charge on any atom is 0.253 e. The predicted molar refractivity (Wildman–Crippen MR) is 103 cm³/mol. The van der Waals surface area contributed by atoms with Gasteiger partial charge >= 0.3 is 0 Å². The number of rotatable bonds is 3. The Morgan fingerprint density at radius 1 is 1.12 bits per heavy atom. The van der Waals surface area contributed by atoms with Crippen molar-refractivity contribution in [3.63, 3.8) is 0 Å². The molecule has 1 aromatic rings. The molecule has 26 heavy (non-hydrogen) atoms. The summed E-state index contributed by atoms with van der Waals surface area (Å²) in [6, 6.07) is 3.64. The topological polar surface area (TPSA) is 59.0 Å². The minimum absolute atomic E-state index is 0.0739. The summed E-state index contributed by atoms with van der Waals surface area (Å²) >= 11 is 0. The van der Waals surface area contributed by atoms with E-state index in [2.05, 4.69) is 0 Å². The molecule has 0 aromatic heterocycles. The fraction of sp³-hybridized carbons (Fsp3) is 0.667. The zero-order valence-corrected chi connectivity index (χ0v) is 17.2. The lowest BCUT2D eigenvalue weighted by Gasteiger charge is -2.30. The summed E-state index contributed by atoms with van der Waals surface area (Å²) in [6.45, 7) is 14.4. The van der Waals surface area contributed by atoms with Gasteiger partial charge in [0.05, 0.1) is 25.9 Å². The Labute approximate surface area is 157 Å². The SMILES string of the molecule is CN(C[C@H]1COCCO1)C(=O)c1cc(C(C)(C)C)c(O)c(C(C)(C)C)c1. The normalized spacial score (nSPS) is 18.7. The second kappa shape index (κ2) is 7.57. The predicted octanol–water partition coefficient (Wildman–Crippen LogP) is 3.47. The van der Waals surface area contributed by atoms with Crippen molar-refractivity contribution in [1.29, 1.82) is 0 Å². The van der Waals surface area contributed by atoms with E-state index in [4.69, 9.17) is 9.47 Å². The Hall–Kier alpha value is -1.59. The summed E-state index contributed by atoms with van der Waals surface area (Å²) < 4.78 is 11.1. The van der Waals surface area contributed by atoms with Crippen LogP contribution in [0.15, 0.2) is 12.1 Å². The van der Waals surface area contributed by atoms with Crippen LogP contribution in [0.3, 0.4) is 0 Å². The van der Waals surface area contributed by atoms with Crippen LogP contribution in [0, 0.1) is 0 Å². The maximum absolute atomic E-state index is 13.0. The third-order valence-corrected chi connectivity index (χ3v) is 4.68. The number of amides is 1. The average molecular weight is 363 g/mol. The summed E-state index contributed by atoms with van der Waals surface area (Å²) in [7, 11) is 1.78. The van der Waals surface area contributed by atoms with Crippen LogP contribution in [-0.4, -0.2) is 55.4 Å². The molecule has 0 bridgehead atoms. The highest BCUT2D eigenvalue weighted by atomic mass is 16.6. The molecule has 1 fully saturated rings. The second-order valence-electron chi connectivity index (χ2n) is 9.17. The first-order valence-electron chi connectivity index (χ1n) is 9.24. The van der Waals surface area contributed by atoms with Gasteiger partial charge in [-0.25, -0.2) is 0 Å². The molecule has 2 rings (SSSR count). The number of hydrogen-bond donors (Lipinski definition) is 1. The van der Waals surface area contributed by atoms with Gasteiger partial charge in [-0.15, -0.1) is 0 Å². The van der Waals surface area contributed by atoms with Crippen LogP contribution in [-0.2, 0) is 20.3 Å².